The summed E-state index contributed by atoms with van der Waals surface area (Å²) in [6.07, 6.45) is 17.9. The quantitative estimate of drug-likeness (QED) is 0.443. The van der Waals surface area contributed by atoms with Crippen molar-refractivity contribution in [2.75, 3.05) is 0 Å². The van der Waals surface area contributed by atoms with E-state index in [1.807, 2.05) is 0 Å². The molecule has 2 N–H and O–H groups in total. The molecule has 0 aromatic heterocycles. The molecule has 30 heavy (non-hydrogen) atoms. The third kappa shape index (κ3) is 4.05. The Labute approximate surface area is 185 Å². The average molecular weight is 417 g/mol. The van der Waals surface area contributed by atoms with E-state index in [1.165, 1.54) is 51.4 Å². The van der Waals surface area contributed by atoms with Gasteiger partial charge in [0.2, 0.25) is 0 Å². The summed E-state index contributed by atoms with van der Waals surface area (Å²) < 4.78 is 0. The first kappa shape index (κ1) is 22.8. The highest BCUT2D eigenvalue weighted by molar-refractivity contribution is 5.22. The third-order valence-corrected chi connectivity index (χ3v) is 10.7. The number of rotatable bonds is 7. The van der Waals surface area contributed by atoms with Crippen molar-refractivity contribution in [3.8, 4) is 0 Å². The van der Waals surface area contributed by atoms with Crippen molar-refractivity contribution in [1.82, 2.24) is 0 Å². The number of hydrogen-bond acceptors (Lipinski definition) is 2. The fraction of sp³-hybridized carbons (Fsp3) is 0.929. The Morgan fingerprint density at radius 3 is 2.60 bits per heavy atom. The van der Waals surface area contributed by atoms with Crippen LogP contribution in [-0.4, -0.2) is 21.9 Å². The highest BCUT2D eigenvalue weighted by Crippen LogP contribution is 2.65. The maximum atomic E-state index is 10.9. The van der Waals surface area contributed by atoms with Gasteiger partial charge in [-0.2, -0.15) is 0 Å². The van der Waals surface area contributed by atoms with E-state index in [2.05, 4.69) is 33.8 Å². The lowest BCUT2D eigenvalue weighted by Crippen LogP contribution is -2.48. The van der Waals surface area contributed by atoms with Gasteiger partial charge in [-0.05, 0) is 112 Å². The molecule has 0 heterocycles. The summed E-state index contributed by atoms with van der Waals surface area (Å²) in [4.78, 5) is 0. The highest BCUT2D eigenvalue weighted by atomic mass is 16.3. The monoisotopic (exact) mass is 416 g/mol. The molecule has 4 rings (SSSR count). The summed E-state index contributed by atoms with van der Waals surface area (Å²) in [5.41, 5.74) is 1.74. The molecular weight excluding hydrogens is 368 g/mol. The highest BCUT2D eigenvalue weighted by Gasteiger charge is 2.57. The number of aliphatic hydroxyl groups is 2. The van der Waals surface area contributed by atoms with E-state index in [0.717, 1.165) is 67.6 Å². The van der Waals surface area contributed by atoms with E-state index < -0.39 is 5.60 Å². The van der Waals surface area contributed by atoms with Crippen LogP contribution in [0.5, 0.6) is 0 Å². The molecule has 3 fully saturated rings. The van der Waals surface area contributed by atoms with Gasteiger partial charge >= 0.3 is 0 Å². The average Bonchev–Trinajstić information content (AvgIpc) is 3.10. The lowest BCUT2D eigenvalue weighted by Gasteiger charge is -2.55. The van der Waals surface area contributed by atoms with E-state index in [0.29, 0.717) is 5.41 Å². The molecule has 3 saturated carbocycles. The van der Waals surface area contributed by atoms with Gasteiger partial charge in [0.05, 0.1) is 11.7 Å². The Hall–Kier alpha value is -0.340. The van der Waals surface area contributed by atoms with Crippen molar-refractivity contribution >= 4 is 0 Å². The molecule has 0 aromatic carbocycles. The van der Waals surface area contributed by atoms with E-state index in [4.69, 9.17) is 0 Å². The second-order valence-corrected chi connectivity index (χ2v) is 12.0. The van der Waals surface area contributed by atoms with Crippen LogP contribution in [0.2, 0.25) is 0 Å². The minimum absolute atomic E-state index is 0.0939. The van der Waals surface area contributed by atoms with Crippen LogP contribution in [0.3, 0.4) is 0 Å². The molecule has 4 aliphatic carbocycles. The minimum Gasteiger partial charge on any atom is -0.393 e. The molecular formula is C28H48O2. The van der Waals surface area contributed by atoms with Crippen molar-refractivity contribution < 1.29 is 10.2 Å². The first-order valence-electron chi connectivity index (χ1n) is 13.4. The van der Waals surface area contributed by atoms with Gasteiger partial charge in [0.25, 0.3) is 0 Å². The first-order valence-corrected chi connectivity index (χ1v) is 13.4. The number of aliphatic hydroxyl groups excluding tert-OH is 1. The van der Waals surface area contributed by atoms with E-state index in [1.54, 1.807) is 5.57 Å². The van der Waals surface area contributed by atoms with E-state index >= 15 is 0 Å². The van der Waals surface area contributed by atoms with Gasteiger partial charge in [0.1, 0.15) is 0 Å². The van der Waals surface area contributed by atoms with Crippen molar-refractivity contribution in [3.05, 3.63) is 11.6 Å². The van der Waals surface area contributed by atoms with Gasteiger partial charge in [0, 0.05) is 0 Å². The Morgan fingerprint density at radius 1 is 1.07 bits per heavy atom. The minimum atomic E-state index is -0.419. The summed E-state index contributed by atoms with van der Waals surface area (Å²) in [5, 5.41) is 20.8. The predicted octanol–water partition coefficient (Wildman–Crippen LogP) is 6.89. The standard InChI is InChI=1S/C28H48O2/c1-5-21(29)9-7-8-19(3)25-12-13-26-24-11-10-20-18-28(30,6-2)17-15-22(20)23(24)14-16-27(25,26)4/h10,19,21-26,29-30H,5-9,11-18H2,1-4H3/t19-,21-,22+,23-,24-,25-,26+,27-,28+/m1/s1. The zero-order valence-electron chi connectivity index (χ0n) is 20.2. The number of fused-ring (bicyclic) bond motifs is 5. The van der Waals surface area contributed by atoms with Crippen LogP contribution >= 0.6 is 0 Å². The SMILES string of the molecule is CC[C@@H](O)CCC[C@@H](C)[C@H]1CC[C@H]2[C@@H]3CC=C4C[C@](O)(CC)CC[C@@H]4[C@H]3CC[C@]12C. The van der Waals surface area contributed by atoms with Crippen LogP contribution in [0.1, 0.15) is 111 Å². The summed E-state index contributed by atoms with van der Waals surface area (Å²) in [5.74, 6) is 5.14. The Bertz CT molecular complexity index is 626. The molecule has 0 bridgehead atoms. The third-order valence-electron chi connectivity index (χ3n) is 10.7. The van der Waals surface area contributed by atoms with Crippen LogP contribution in [0.4, 0.5) is 0 Å². The molecule has 0 spiro atoms. The second-order valence-electron chi connectivity index (χ2n) is 12.0. The van der Waals surface area contributed by atoms with Crippen LogP contribution < -0.4 is 0 Å². The summed E-state index contributed by atoms with van der Waals surface area (Å²) >= 11 is 0. The number of hydrogen-bond donors (Lipinski definition) is 2. The Kier molecular flexibility index (Phi) is 6.77. The van der Waals surface area contributed by atoms with Gasteiger partial charge in [-0.25, -0.2) is 0 Å². The maximum absolute atomic E-state index is 10.9. The molecule has 9 atom stereocenters. The molecule has 0 aromatic rings. The van der Waals surface area contributed by atoms with Gasteiger partial charge in [-0.1, -0.05) is 52.2 Å². The van der Waals surface area contributed by atoms with E-state index in [9.17, 15) is 10.2 Å². The summed E-state index contributed by atoms with van der Waals surface area (Å²) in [6, 6.07) is 0. The second kappa shape index (κ2) is 8.89. The maximum Gasteiger partial charge on any atom is 0.0682 e. The van der Waals surface area contributed by atoms with Crippen LogP contribution in [0, 0.1) is 40.9 Å². The lowest BCUT2D eigenvalue weighted by atomic mass is 9.50. The fourth-order valence-corrected chi connectivity index (χ4v) is 8.72. The number of allylic oxidation sites excluding steroid dienone is 1. The molecule has 0 radical (unpaired) electrons. The Balaban J connectivity index is 1.42. The van der Waals surface area contributed by atoms with Crippen LogP contribution in [0.25, 0.3) is 0 Å². The van der Waals surface area contributed by atoms with Gasteiger partial charge in [0.15, 0.2) is 0 Å². The topological polar surface area (TPSA) is 40.5 Å². The summed E-state index contributed by atoms with van der Waals surface area (Å²) in [7, 11) is 0. The lowest BCUT2D eigenvalue weighted by molar-refractivity contribution is -0.0461. The van der Waals surface area contributed by atoms with Gasteiger partial charge < -0.3 is 10.2 Å². The Morgan fingerprint density at radius 2 is 1.87 bits per heavy atom. The van der Waals surface area contributed by atoms with Crippen molar-refractivity contribution in [1.29, 1.82) is 0 Å². The van der Waals surface area contributed by atoms with E-state index in [-0.39, 0.29) is 6.10 Å². The largest absolute Gasteiger partial charge is 0.393 e. The molecule has 2 nitrogen and oxygen atoms in total. The molecule has 2 heteroatoms. The van der Waals surface area contributed by atoms with Gasteiger partial charge in [-0.15, -0.1) is 0 Å². The zero-order valence-corrected chi connectivity index (χ0v) is 20.2. The van der Waals surface area contributed by atoms with Crippen molar-refractivity contribution in [3.63, 3.8) is 0 Å². The van der Waals surface area contributed by atoms with Crippen LogP contribution in [-0.2, 0) is 0 Å². The van der Waals surface area contributed by atoms with Crippen LogP contribution in [0.15, 0.2) is 11.6 Å². The molecule has 0 unspecified atom stereocenters. The molecule has 0 amide bonds. The van der Waals surface area contributed by atoms with Crippen molar-refractivity contribution in [2.45, 2.75) is 123 Å². The first-order chi connectivity index (χ1) is 14.3. The molecule has 172 valence electrons. The fourth-order valence-electron chi connectivity index (χ4n) is 8.72. The smallest absolute Gasteiger partial charge is 0.0682 e. The van der Waals surface area contributed by atoms with Crippen molar-refractivity contribution in [2.24, 2.45) is 40.9 Å². The molecule has 4 aliphatic rings. The zero-order chi connectivity index (χ0) is 21.5. The van der Waals surface area contributed by atoms with Gasteiger partial charge in [-0.3, -0.25) is 0 Å². The normalized spacial score (nSPS) is 45.1. The summed E-state index contributed by atoms with van der Waals surface area (Å²) in [6.45, 7) is 9.41. The predicted molar refractivity (Wildman–Crippen MR) is 125 cm³/mol. The molecule has 0 saturated heterocycles. The molecule has 0 aliphatic heterocycles.